The molecule has 1 atom stereocenters. The second-order valence-electron chi connectivity index (χ2n) is 3.84. The lowest BCUT2D eigenvalue weighted by Crippen LogP contribution is -2.33. The van der Waals surface area contributed by atoms with Gasteiger partial charge in [0, 0.05) is 21.5 Å². The van der Waals surface area contributed by atoms with Gasteiger partial charge in [0.25, 0.3) is 0 Å². The fraction of sp³-hybridized carbons (Fsp3) is 0.692. The van der Waals surface area contributed by atoms with Gasteiger partial charge < -0.3 is 5.32 Å². The van der Waals surface area contributed by atoms with Crippen LogP contribution in [-0.4, -0.2) is 24.1 Å². The normalized spacial score (nSPS) is 12.9. The Morgan fingerprint density at radius 3 is 2.56 bits per heavy atom. The summed E-state index contributed by atoms with van der Waals surface area (Å²) in [6.07, 6.45) is 2.35. The minimum Gasteiger partial charge on any atom is -0.313 e. The van der Waals surface area contributed by atoms with Crippen LogP contribution in [0, 0.1) is 0 Å². The predicted octanol–water partition coefficient (Wildman–Crippen LogP) is 3.58. The van der Waals surface area contributed by atoms with Crippen LogP contribution in [0.2, 0.25) is 0 Å². The fourth-order valence-corrected chi connectivity index (χ4v) is 3.50. The molecule has 0 aliphatic rings. The summed E-state index contributed by atoms with van der Waals surface area (Å²) in [5.41, 5.74) is 0. The van der Waals surface area contributed by atoms with Crippen LogP contribution >= 0.6 is 23.1 Å². The fourth-order valence-electron chi connectivity index (χ4n) is 1.70. The number of hydrogen-bond donors (Lipinski definition) is 1. The Hall–Kier alpha value is 0.01000. The van der Waals surface area contributed by atoms with Crippen molar-refractivity contribution in [2.75, 3.05) is 18.1 Å². The third kappa shape index (κ3) is 4.89. The molecule has 0 aromatic carbocycles. The molecule has 16 heavy (non-hydrogen) atoms. The maximum Gasteiger partial charge on any atom is 0.0206 e. The first-order chi connectivity index (χ1) is 7.80. The largest absolute Gasteiger partial charge is 0.313 e. The lowest BCUT2D eigenvalue weighted by Gasteiger charge is -2.16. The van der Waals surface area contributed by atoms with Crippen LogP contribution in [0.5, 0.6) is 0 Å². The monoisotopic (exact) mass is 257 g/mol. The van der Waals surface area contributed by atoms with Crippen molar-refractivity contribution in [2.24, 2.45) is 0 Å². The highest BCUT2D eigenvalue weighted by Crippen LogP contribution is 2.19. The molecule has 0 saturated heterocycles. The van der Waals surface area contributed by atoms with Crippen LogP contribution in [-0.2, 0) is 12.8 Å². The van der Waals surface area contributed by atoms with Gasteiger partial charge in [0.1, 0.15) is 0 Å². The summed E-state index contributed by atoms with van der Waals surface area (Å²) in [6.45, 7) is 7.72. The zero-order valence-corrected chi connectivity index (χ0v) is 12.2. The number of thioether (sulfide) groups is 1. The van der Waals surface area contributed by atoms with Gasteiger partial charge >= 0.3 is 0 Å². The van der Waals surface area contributed by atoms with Crippen molar-refractivity contribution in [2.45, 2.75) is 39.7 Å². The standard InChI is InChI=1S/C13H23NS2/c1-4-12-7-8-13(16-12)9-11(14-5-2)10-15-6-3/h7-8,11,14H,4-6,9-10H2,1-3H3. The number of rotatable bonds is 8. The zero-order chi connectivity index (χ0) is 11.8. The molecule has 0 aliphatic heterocycles. The van der Waals surface area contributed by atoms with E-state index >= 15 is 0 Å². The van der Waals surface area contributed by atoms with Gasteiger partial charge in [-0.05, 0) is 37.3 Å². The smallest absolute Gasteiger partial charge is 0.0206 e. The summed E-state index contributed by atoms with van der Waals surface area (Å²) in [7, 11) is 0. The molecule has 1 aromatic rings. The van der Waals surface area contributed by atoms with E-state index in [1.165, 1.54) is 34.1 Å². The maximum absolute atomic E-state index is 3.58. The molecule has 92 valence electrons. The summed E-state index contributed by atoms with van der Waals surface area (Å²) in [5, 5.41) is 3.58. The van der Waals surface area contributed by atoms with Crippen LogP contribution in [0.4, 0.5) is 0 Å². The molecule has 0 fully saturated rings. The average Bonchev–Trinajstić information content (AvgIpc) is 2.74. The van der Waals surface area contributed by atoms with Crippen LogP contribution in [0.3, 0.4) is 0 Å². The molecular weight excluding hydrogens is 234 g/mol. The van der Waals surface area contributed by atoms with E-state index in [0.717, 1.165) is 6.54 Å². The molecule has 0 amide bonds. The predicted molar refractivity (Wildman–Crippen MR) is 77.9 cm³/mol. The van der Waals surface area contributed by atoms with Gasteiger partial charge in [-0.2, -0.15) is 11.8 Å². The summed E-state index contributed by atoms with van der Waals surface area (Å²) in [6, 6.07) is 5.21. The number of nitrogens with one attached hydrogen (secondary N) is 1. The van der Waals surface area contributed by atoms with Crippen molar-refractivity contribution in [1.29, 1.82) is 0 Å². The minimum absolute atomic E-state index is 0.637. The number of thiophene rings is 1. The van der Waals surface area contributed by atoms with Gasteiger partial charge in [0.05, 0.1) is 0 Å². The second-order valence-corrected chi connectivity index (χ2v) is 6.41. The van der Waals surface area contributed by atoms with Gasteiger partial charge in [-0.3, -0.25) is 0 Å². The summed E-state index contributed by atoms with van der Waals surface area (Å²) in [5.74, 6) is 2.44. The molecule has 1 nitrogen and oxygen atoms in total. The summed E-state index contributed by atoms with van der Waals surface area (Å²) in [4.78, 5) is 3.04. The van der Waals surface area contributed by atoms with E-state index in [2.05, 4.69) is 38.2 Å². The van der Waals surface area contributed by atoms with Crippen molar-refractivity contribution in [3.8, 4) is 0 Å². The Morgan fingerprint density at radius 1 is 1.25 bits per heavy atom. The third-order valence-corrected chi connectivity index (χ3v) is 4.83. The molecule has 0 radical (unpaired) electrons. The lowest BCUT2D eigenvalue weighted by atomic mass is 10.2. The van der Waals surface area contributed by atoms with Crippen molar-refractivity contribution in [3.63, 3.8) is 0 Å². The Kier molecular flexibility index (Phi) is 7.17. The van der Waals surface area contributed by atoms with Gasteiger partial charge in [-0.25, -0.2) is 0 Å². The third-order valence-electron chi connectivity index (χ3n) is 2.53. The molecule has 0 saturated carbocycles. The van der Waals surface area contributed by atoms with Crippen molar-refractivity contribution < 1.29 is 0 Å². The molecule has 0 spiro atoms. The first kappa shape index (κ1) is 14.1. The molecule has 1 aromatic heterocycles. The number of aryl methyl sites for hydroxylation is 1. The lowest BCUT2D eigenvalue weighted by molar-refractivity contribution is 0.576. The molecule has 1 unspecified atom stereocenters. The second kappa shape index (κ2) is 8.15. The SMILES string of the molecule is CCNC(CSCC)Cc1ccc(CC)s1. The molecule has 0 bridgehead atoms. The van der Waals surface area contributed by atoms with Gasteiger partial charge in [-0.15, -0.1) is 11.3 Å². The van der Waals surface area contributed by atoms with Gasteiger partial charge in [0.15, 0.2) is 0 Å². The van der Waals surface area contributed by atoms with Gasteiger partial charge in [0.2, 0.25) is 0 Å². The molecule has 1 heterocycles. The van der Waals surface area contributed by atoms with Crippen LogP contribution in [0.25, 0.3) is 0 Å². The minimum atomic E-state index is 0.637. The van der Waals surface area contributed by atoms with E-state index in [1.54, 1.807) is 0 Å². The number of hydrogen-bond acceptors (Lipinski definition) is 3. The maximum atomic E-state index is 3.58. The summed E-state index contributed by atoms with van der Waals surface area (Å²) >= 11 is 4.00. The van der Waals surface area contributed by atoms with Crippen LogP contribution < -0.4 is 5.32 Å². The molecular formula is C13H23NS2. The van der Waals surface area contributed by atoms with E-state index in [1.807, 2.05) is 23.1 Å². The van der Waals surface area contributed by atoms with E-state index in [-0.39, 0.29) is 0 Å². The van der Waals surface area contributed by atoms with E-state index < -0.39 is 0 Å². The van der Waals surface area contributed by atoms with Crippen LogP contribution in [0.1, 0.15) is 30.5 Å². The van der Waals surface area contributed by atoms with Crippen molar-refractivity contribution in [1.82, 2.24) is 5.32 Å². The average molecular weight is 257 g/mol. The highest BCUT2D eigenvalue weighted by Gasteiger charge is 2.09. The topological polar surface area (TPSA) is 12.0 Å². The Bertz CT molecular complexity index is 283. The Balaban J connectivity index is 2.46. The Morgan fingerprint density at radius 2 is 2.00 bits per heavy atom. The molecule has 0 aliphatic carbocycles. The Labute approximate surface area is 108 Å². The van der Waals surface area contributed by atoms with E-state index in [0.29, 0.717) is 6.04 Å². The zero-order valence-electron chi connectivity index (χ0n) is 10.6. The molecule has 1 N–H and O–H groups in total. The first-order valence-corrected chi connectivity index (χ1v) is 8.15. The summed E-state index contributed by atoms with van der Waals surface area (Å²) < 4.78 is 0. The van der Waals surface area contributed by atoms with Crippen LogP contribution in [0.15, 0.2) is 12.1 Å². The molecule has 3 heteroatoms. The highest BCUT2D eigenvalue weighted by molar-refractivity contribution is 7.99. The van der Waals surface area contributed by atoms with Crippen molar-refractivity contribution >= 4 is 23.1 Å². The molecule has 1 rings (SSSR count). The van der Waals surface area contributed by atoms with E-state index in [4.69, 9.17) is 0 Å². The highest BCUT2D eigenvalue weighted by atomic mass is 32.2. The van der Waals surface area contributed by atoms with E-state index in [9.17, 15) is 0 Å². The van der Waals surface area contributed by atoms with Gasteiger partial charge in [-0.1, -0.05) is 20.8 Å². The number of likely N-dealkylation sites (N-methyl/N-ethyl adjacent to an activating group) is 1. The first-order valence-electron chi connectivity index (χ1n) is 6.18. The quantitative estimate of drug-likeness (QED) is 0.764. The van der Waals surface area contributed by atoms with Crippen molar-refractivity contribution in [3.05, 3.63) is 21.9 Å².